The van der Waals surface area contributed by atoms with Crippen LogP contribution in [-0.4, -0.2) is 22.2 Å². The van der Waals surface area contributed by atoms with Crippen molar-refractivity contribution in [1.82, 2.24) is 0 Å². The van der Waals surface area contributed by atoms with Gasteiger partial charge in [-0.25, -0.2) is 0 Å². The number of hydrogen-bond donors (Lipinski definition) is 1. The van der Waals surface area contributed by atoms with Crippen LogP contribution in [0.3, 0.4) is 0 Å². The predicted octanol–water partition coefficient (Wildman–Crippen LogP) is 2.76. The van der Waals surface area contributed by atoms with Crippen molar-refractivity contribution < 1.29 is 14.4 Å². The molecule has 1 amide bonds. The molecule has 1 aromatic carbocycles. The number of carboxylic acid groups (broad SMARTS) is 1. The fourth-order valence-electron chi connectivity index (χ4n) is 1.84. The summed E-state index contributed by atoms with van der Waals surface area (Å²) in [6, 6.07) is 9.69. The van der Waals surface area contributed by atoms with Gasteiger partial charge in [0.05, 0.1) is 0 Å². The first-order chi connectivity index (χ1) is 7.73. The number of carbonyl (C=O) groups is 1. The predicted molar refractivity (Wildman–Crippen MR) is 61.6 cm³/mol. The summed E-state index contributed by atoms with van der Waals surface area (Å²) >= 11 is 0. The van der Waals surface area contributed by atoms with E-state index in [2.05, 4.69) is 0 Å². The number of quaternary nitrogens is 1. The molecule has 16 heavy (non-hydrogen) atoms. The van der Waals surface area contributed by atoms with Crippen LogP contribution in [0, 0.1) is 0 Å². The van der Waals surface area contributed by atoms with Crippen LogP contribution >= 0.6 is 0 Å². The average Bonchev–Trinajstić information content (AvgIpc) is 2.31. The summed E-state index contributed by atoms with van der Waals surface area (Å²) in [4.78, 5) is 11.4. The van der Waals surface area contributed by atoms with E-state index >= 15 is 0 Å². The maximum atomic E-state index is 11.4. The van der Waals surface area contributed by atoms with Crippen LogP contribution in [0.15, 0.2) is 54.8 Å². The highest BCUT2D eigenvalue weighted by molar-refractivity contribution is 5.58. The zero-order valence-electron chi connectivity index (χ0n) is 8.91. The smallest absolute Gasteiger partial charge is 0.435 e. The van der Waals surface area contributed by atoms with Crippen LogP contribution in [0.1, 0.15) is 5.56 Å². The number of hydrogen-bond acceptors (Lipinski definition) is 1. The molecular formula is C13H14NO2+. The summed E-state index contributed by atoms with van der Waals surface area (Å²) < 4.78 is -0.0550. The molecule has 0 saturated heterocycles. The van der Waals surface area contributed by atoms with E-state index in [1.165, 1.54) is 0 Å². The van der Waals surface area contributed by atoms with E-state index < -0.39 is 6.09 Å². The summed E-state index contributed by atoms with van der Waals surface area (Å²) in [7, 11) is 0. The number of benzene rings is 1. The van der Waals surface area contributed by atoms with E-state index in [0.717, 1.165) is 5.56 Å². The number of rotatable bonds is 2. The fourth-order valence-corrected chi connectivity index (χ4v) is 1.84. The van der Waals surface area contributed by atoms with E-state index in [1.54, 1.807) is 12.3 Å². The lowest BCUT2D eigenvalue weighted by Gasteiger charge is -2.28. The van der Waals surface area contributed by atoms with Gasteiger partial charge in [-0.3, -0.25) is 0 Å². The summed E-state index contributed by atoms with van der Waals surface area (Å²) in [5.74, 6) is 0. The van der Waals surface area contributed by atoms with Crippen LogP contribution in [0.2, 0.25) is 0 Å². The van der Waals surface area contributed by atoms with Crippen molar-refractivity contribution in [3.8, 4) is 0 Å². The maximum Gasteiger partial charge on any atom is 0.518 e. The molecule has 0 fully saturated rings. The summed E-state index contributed by atoms with van der Waals surface area (Å²) in [5.41, 5.74) is 1.03. The Hall–Kier alpha value is -1.87. The molecule has 1 aromatic rings. The molecule has 0 bridgehead atoms. The monoisotopic (exact) mass is 216 g/mol. The minimum absolute atomic E-state index is 0.0550. The van der Waals surface area contributed by atoms with Gasteiger partial charge in [0, 0.05) is 5.56 Å². The molecule has 0 radical (unpaired) electrons. The van der Waals surface area contributed by atoms with E-state index in [0.29, 0.717) is 13.1 Å². The van der Waals surface area contributed by atoms with Crippen molar-refractivity contribution in [3.63, 3.8) is 0 Å². The molecule has 2 rings (SSSR count). The third-order valence-electron chi connectivity index (χ3n) is 2.74. The fraction of sp³-hybridized carbons (Fsp3) is 0.154. The minimum atomic E-state index is -0.815. The normalized spacial score (nSPS) is 23.2. The molecule has 82 valence electrons. The van der Waals surface area contributed by atoms with Gasteiger partial charge in [0.2, 0.25) is 0 Å². The van der Waals surface area contributed by atoms with Crippen LogP contribution in [0.5, 0.6) is 0 Å². The van der Waals surface area contributed by atoms with Gasteiger partial charge in [-0.1, -0.05) is 36.4 Å². The van der Waals surface area contributed by atoms with Gasteiger partial charge >= 0.3 is 6.09 Å². The molecule has 1 aliphatic rings. The molecule has 3 nitrogen and oxygen atoms in total. The zero-order chi connectivity index (χ0) is 11.4. The topological polar surface area (TPSA) is 37.3 Å². The molecule has 1 atom stereocenters. The Kier molecular flexibility index (Phi) is 2.88. The van der Waals surface area contributed by atoms with Gasteiger partial charge in [0.25, 0.3) is 0 Å². The Balaban J connectivity index is 2.25. The summed E-state index contributed by atoms with van der Waals surface area (Å²) in [6.07, 6.45) is 6.47. The van der Waals surface area contributed by atoms with E-state index in [9.17, 15) is 9.90 Å². The lowest BCUT2D eigenvalue weighted by atomic mass is 10.1. The largest absolute Gasteiger partial charge is 0.518 e. The van der Waals surface area contributed by atoms with Crippen molar-refractivity contribution in [2.75, 3.05) is 6.54 Å². The van der Waals surface area contributed by atoms with E-state index in [1.807, 2.05) is 42.5 Å². The second-order valence-corrected chi connectivity index (χ2v) is 3.91. The molecule has 0 saturated carbocycles. The number of allylic oxidation sites excluding steroid dienone is 2. The van der Waals surface area contributed by atoms with Gasteiger partial charge in [0.15, 0.2) is 0 Å². The van der Waals surface area contributed by atoms with Crippen LogP contribution in [-0.2, 0) is 6.54 Å². The van der Waals surface area contributed by atoms with Crippen LogP contribution in [0.4, 0.5) is 4.79 Å². The molecule has 1 heterocycles. The molecule has 1 unspecified atom stereocenters. The van der Waals surface area contributed by atoms with Gasteiger partial charge in [0.1, 0.15) is 19.3 Å². The first-order valence-electron chi connectivity index (χ1n) is 5.21. The number of amides is 1. The second kappa shape index (κ2) is 4.33. The van der Waals surface area contributed by atoms with Crippen molar-refractivity contribution in [3.05, 3.63) is 60.3 Å². The van der Waals surface area contributed by atoms with Crippen molar-refractivity contribution in [1.29, 1.82) is 0 Å². The lowest BCUT2D eigenvalue weighted by molar-refractivity contribution is -0.814. The lowest BCUT2D eigenvalue weighted by Crippen LogP contribution is -2.47. The molecule has 3 heteroatoms. The van der Waals surface area contributed by atoms with Gasteiger partial charge in [-0.05, 0) is 12.2 Å². The molecular weight excluding hydrogens is 202 g/mol. The van der Waals surface area contributed by atoms with Crippen LogP contribution < -0.4 is 0 Å². The first-order valence-corrected chi connectivity index (χ1v) is 5.21. The summed E-state index contributed by atoms with van der Waals surface area (Å²) in [5, 5.41) is 9.34. The Labute approximate surface area is 94.5 Å². The standard InChI is InChI=1S/C13H13NO2/c15-13(16)14(9-5-2-6-10-14)11-12-7-3-1-4-8-12/h1-9H,10-11H2/p+1. The third-order valence-corrected chi connectivity index (χ3v) is 2.74. The Morgan fingerprint density at radius 3 is 2.56 bits per heavy atom. The highest BCUT2D eigenvalue weighted by Gasteiger charge is 2.34. The van der Waals surface area contributed by atoms with Gasteiger partial charge in [-0.15, -0.1) is 0 Å². The second-order valence-electron chi connectivity index (χ2n) is 3.91. The van der Waals surface area contributed by atoms with Crippen molar-refractivity contribution >= 4 is 6.09 Å². The first kappa shape index (κ1) is 10.6. The van der Waals surface area contributed by atoms with Crippen LogP contribution in [0.25, 0.3) is 0 Å². The van der Waals surface area contributed by atoms with E-state index in [-0.39, 0.29) is 4.48 Å². The van der Waals surface area contributed by atoms with Crippen molar-refractivity contribution in [2.45, 2.75) is 6.54 Å². The minimum Gasteiger partial charge on any atom is -0.435 e. The van der Waals surface area contributed by atoms with Crippen molar-refractivity contribution in [2.24, 2.45) is 0 Å². The number of nitrogens with zero attached hydrogens (tertiary/aromatic N) is 1. The molecule has 0 spiro atoms. The average molecular weight is 216 g/mol. The Morgan fingerprint density at radius 2 is 2.00 bits per heavy atom. The molecule has 0 aliphatic carbocycles. The van der Waals surface area contributed by atoms with E-state index in [4.69, 9.17) is 0 Å². The zero-order valence-corrected chi connectivity index (χ0v) is 8.91. The molecule has 1 N–H and O–H groups in total. The molecule has 1 aliphatic heterocycles. The maximum absolute atomic E-state index is 11.4. The highest BCUT2D eigenvalue weighted by atomic mass is 16.4. The third kappa shape index (κ3) is 2.04. The van der Waals surface area contributed by atoms with Gasteiger partial charge < -0.3 is 5.11 Å². The highest BCUT2D eigenvalue weighted by Crippen LogP contribution is 2.19. The Bertz CT molecular complexity index is 437. The quantitative estimate of drug-likeness (QED) is 0.772. The van der Waals surface area contributed by atoms with Gasteiger partial charge in [-0.2, -0.15) is 9.28 Å². The Morgan fingerprint density at radius 1 is 1.25 bits per heavy atom. The SMILES string of the molecule is O=C(O)[N+]1(Cc2ccccc2)C=CC=CC1. The molecule has 0 aromatic heterocycles. The summed E-state index contributed by atoms with van der Waals surface area (Å²) in [6.45, 7) is 0.984.